The Morgan fingerprint density at radius 2 is 2.35 bits per heavy atom. The lowest BCUT2D eigenvalue weighted by Crippen LogP contribution is -2.44. The van der Waals surface area contributed by atoms with Crippen LogP contribution in [0.3, 0.4) is 0 Å². The topological polar surface area (TPSA) is 52.9 Å². The average Bonchev–Trinajstić information content (AvgIpc) is 2.45. The molecule has 0 saturated carbocycles. The van der Waals surface area contributed by atoms with Gasteiger partial charge < -0.3 is 10.1 Å². The summed E-state index contributed by atoms with van der Waals surface area (Å²) in [6.07, 6.45) is 1.28. The zero-order valence-electron chi connectivity index (χ0n) is 11.1. The lowest BCUT2D eigenvalue weighted by atomic mass is 9.93. The molecule has 1 heterocycles. The summed E-state index contributed by atoms with van der Waals surface area (Å²) in [7, 11) is 0. The van der Waals surface area contributed by atoms with Gasteiger partial charge in [0.1, 0.15) is 5.82 Å². The molecule has 108 valence electrons. The molecule has 1 aromatic rings. The maximum atomic E-state index is 13.8. The summed E-state index contributed by atoms with van der Waals surface area (Å²) in [6, 6.07) is 4.03. The van der Waals surface area contributed by atoms with Crippen LogP contribution in [0.2, 0.25) is 5.02 Å². The fourth-order valence-electron chi connectivity index (χ4n) is 2.43. The molecule has 20 heavy (non-hydrogen) atoms. The molecule has 1 aliphatic heterocycles. The number of likely N-dealkylation sites (tertiary alicyclic amines) is 1. The quantitative estimate of drug-likeness (QED) is 0.673. The van der Waals surface area contributed by atoms with E-state index in [2.05, 4.69) is 5.16 Å². The van der Waals surface area contributed by atoms with E-state index in [0.717, 1.165) is 12.5 Å². The molecule has 1 fully saturated rings. The van der Waals surface area contributed by atoms with Crippen molar-refractivity contribution in [1.29, 1.82) is 0 Å². The van der Waals surface area contributed by atoms with Gasteiger partial charge in [0.25, 0.3) is 5.91 Å². The van der Waals surface area contributed by atoms with Crippen LogP contribution in [-0.4, -0.2) is 34.8 Å². The molecular formula is C14H16ClFN2O2. The van der Waals surface area contributed by atoms with Crippen molar-refractivity contribution >= 4 is 23.2 Å². The van der Waals surface area contributed by atoms with E-state index >= 15 is 0 Å². The highest BCUT2D eigenvalue weighted by Crippen LogP contribution is 2.21. The van der Waals surface area contributed by atoms with E-state index in [1.807, 2.05) is 6.92 Å². The van der Waals surface area contributed by atoms with E-state index in [9.17, 15) is 9.18 Å². The van der Waals surface area contributed by atoms with Crippen LogP contribution < -0.4 is 0 Å². The van der Waals surface area contributed by atoms with Crippen LogP contribution >= 0.6 is 11.6 Å². The smallest absolute Gasteiger partial charge is 0.256 e. The van der Waals surface area contributed by atoms with Crippen LogP contribution in [0.5, 0.6) is 0 Å². The Morgan fingerprint density at radius 1 is 1.60 bits per heavy atom. The first-order chi connectivity index (χ1) is 9.56. The first-order valence-electron chi connectivity index (χ1n) is 6.52. The summed E-state index contributed by atoms with van der Waals surface area (Å²) in [4.78, 5) is 13.9. The Morgan fingerprint density at radius 3 is 2.95 bits per heavy atom. The number of carbonyl (C=O) groups excluding carboxylic acids is 1. The van der Waals surface area contributed by atoms with Gasteiger partial charge >= 0.3 is 0 Å². The molecule has 1 saturated heterocycles. The van der Waals surface area contributed by atoms with Crippen LogP contribution in [0, 0.1) is 11.7 Å². The number of piperidine rings is 1. The number of amides is 1. The van der Waals surface area contributed by atoms with Gasteiger partial charge in [-0.2, -0.15) is 0 Å². The summed E-state index contributed by atoms with van der Waals surface area (Å²) in [5.74, 6) is -0.945. The summed E-state index contributed by atoms with van der Waals surface area (Å²) >= 11 is 5.68. The highest BCUT2D eigenvalue weighted by atomic mass is 35.5. The van der Waals surface area contributed by atoms with Gasteiger partial charge in [0, 0.05) is 30.5 Å². The monoisotopic (exact) mass is 298 g/mol. The third-order valence-corrected chi connectivity index (χ3v) is 3.85. The highest BCUT2D eigenvalue weighted by Gasteiger charge is 2.29. The van der Waals surface area contributed by atoms with Crippen molar-refractivity contribution in [3.63, 3.8) is 0 Å². The maximum absolute atomic E-state index is 13.8. The van der Waals surface area contributed by atoms with E-state index < -0.39 is 5.82 Å². The molecule has 1 aliphatic rings. The van der Waals surface area contributed by atoms with Crippen molar-refractivity contribution < 1.29 is 14.4 Å². The van der Waals surface area contributed by atoms with Crippen LogP contribution in [0.1, 0.15) is 30.1 Å². The largest absolute Gasteiger partial charge is 0.411 e. The first-order valence-corrected chi connectivity index (χ1v) is 6.89. The molecule has 0 aliphatic carbocycles. The minimum absolute atomic E-state index is 0.0214. The van der Waals surface area contributed by atoms with Gasteiger partial charge in [-0.25, -0.2) is 4.39 Å². The predicted molar refractivity (Wildman–Crippen MR) is 74.9 cm³/mol. The van der Waals surface area contributed by atoms with E-state index in [-0.39, 0.29) is 22.4 Å². The van der Waals surface area contributed by atoms with Crippen molar-refractivity contribution in [2.45, 2.75) is 19.8 Å². The molecule has 1 aromatic carbocycles. The van der Waals surface area contributed by atoms with Crippen LogP contribution in [0.15, 0.2) is 23.4 Å². The fourth-order valence-corrected chi connectivity index (χ4v) is 2.59. The molecule has 0 bridgehead atoms. The molecule has 0 aromatic heterocycles. The number of nitrogens with zero attached hydrogens (tertiary/aromatic N) is 2. The molecule has 2 rings (SSSR count). The van der Waals surface area contributed by atoms with Gasteiger partial charge in [-0.15, -0.1) is 0 Å². The van der Waals surface area contributed by atoms with Crippen LogP contribution in [0.4, 0.5) is 4.39 Å². The average molecular weight is 299 g/mol. The standard InChI is InChI=1S/C14H16ClFN2O2/c1-2-9-8-18(6-5-13(9)17-20)14(19)11-4-3-10(15)7-12(11)16/h3-4,7,9,20H,2,5-6,8H2,1H3/b17-13+. The number of benzene rings is 1. The Balaban J connectivity index is 2.18. The normalized spacial score (nSPS) is 21.2. The number of hydrogen-bond donors (Lipinski definition) is 1. The Hall–Kier alpha value is -1.62. The van der Waals surface area contributed by atoms with E-state index in [1.54, 1.807) is 4.90 Å². The molecule has 6 heteroatoms. The predicted octanol–water partition coefficient (Wildman–Crippen LogP) is 3.18. The maximum Gasteiger partial charge on any atom is 0.256 e. The summed E-state index contributed by atoms with van der Waals surface area (Å²) < 4.78 is 13.8. The lowest BCUT2D eigenvalue weighted by Gasteiger charge is -2.33. The fraction of sp³-hybridized carbons (Fsp3) is 0.429. The number of carbonyl (C=O) groups is 1. The van der Waals surface area contributed by atoms with Gasteiger partial charge in [0.05, 0.1) is 11.3 Å². The van der Waals surface area contributed by atoms with Gasteiger partial charge in [-0.3, -0.25) is 4.79 Å². The summed E-state index contributed by atoms with van der Waals surface area (Å²) in [6.45, 7) is 2.83. The minimum Gasteiger partial charge on any atom is -0.411 e. The third-order valence-electron chi connectivity index (χ3n) is 3.62. The van der Waals surface area contributed by atoms with Crippen molar-refractivity contribution in [1.82, 2.24) is 4.90 Å². The van der Waals surface area contributed by atoms with Crippen molar-refractivity contribution in [2.24, 2.45) is 11.1 Å². The van der Waals surface area contributed by atoms with Gasteiger partial charge in [0.15, 0.2) is 0 Å². The van der Waals surface area contributed by atoms with Gasteiger partial charge in [-0.1, -0.05) is 23.7 Å². The molecule has 4 nitrogen and oxygen atoms in total. The molecule has 1 unspecified atom stereocenters. The van der Waals surface area contributed by atoms with Gasteiger partial charge in [-0.05, 0) is 24.6 Å². The summed E-state index contributed by atoms with van der Waals surface area (Å²) in [5, 5.41) is 12.5. The molecular weight excluding hydrogens is 283 g/mol. The SMILES string of the molecule is CCC1CN(C(=O)c2ccc(Cl)cc2F)CC/C1=N\O. The number of rotatable bonds is 2. The molecule has 0 spiro atoms. The number of hydrogen-bond acceptors (Lipinski definition) is 3. The Bertz CT molecular complexity index is 548. The number of halogens is 2. The zero-order valence-corrected chi connectivity index (χ0v) is 11.9. The van der Waals surface area contributed by atoms with Crippen LogP contribution in [-0.2, 0) is 0 Å². The van der Waals surface area contributed by atoms with Gasteiger partial charge in [0.2, 0.25) is 0 Å². The number of oxime groups is 1. The Labute approximate surface area is 121 Å². The van der Waals surface area contributed by atoms with Crippen molar-refractivity contribution in [3.05, 3.63) is 34.6 Å². The molecule has 0 radical (unpaired) electrons. The van der Waals surface area contributed by atoms with E-state index in [1.165, 1.54) is 12.1 Å². The minimum atomic E-state index is -0.614. The second-order valence-electron chi connectivity index (χ2n) is 4.82. The summed E-state index contributed by atoms with van der Waals surface area (Å²) in [5.41, 5.74) is 0.724. The molecule has 1 atom stereocenters. The molecule has 1 N–H and O–H groups in total. The lowest BCUT2D eigenvalue weighted by molar-refractivity contribution is 0.0724. The van der Waals surface area contributed by atoms with E-state index in [0.29, 0.717) is 25.2 Å². The molecule has 1 amide bonds. The van der Waals surface area contributed by atoms with Crippen molar-refractivity contribution in [2.75, 3.05) is 13.1 Å². The first kappa shape index (κ1) is 14.8. The van der Waals surface area contributed by atoms with Crippen molar-refractivity contribution in [3.8, 4) is 0 Å². The highest BCUT2D eigenvalue weighted by molar-refractivity contribution is 6.30. The second-order valence-corrected chi connectivity index (χ2v) is 5.26. The second kappa shape index (κ2) is 6.22. The van der Waals surface area contributed by atoms with Crippen LogP contribution in [0.25, 0.3) is 0 Å². The van der Waals surface area contributed by atoms with E-state index in [4.69, 9.17) is 16.8 Å². The third kappa shape index (κ3) is 2.93. The zero-order chi connectivity index (χ0) is 14.7. The Kier molecular flexibility index (Phi) is 4.60.